The summed E-state index contributed by atoms with van der Waals surface area (Å²) in [6.07, 6.45) is 5.36. The summed E-state index contributed by atoms with van der Waals surface area (Å²) in [4.78, 5) is 68.3. The molecule has 12 rings (SSSR count). The molecule has 508 valence electrons. The van der Waals surface area contributed by atoms with Crippen LogP contribution in [0.3, 0.4) is 0 Å². The maximum Gasteiger partial charge on any atom is 0.320 e. The number of nitrogens with zero attached hydrogens (tertiary/aromatic N) is 7. The van der Waals surface area contributed by atoms with Gasteiger partial charge in [-0.15, -0.1) is 0 Å². The second-order valence-electron chi connectivity index (χ2n) is 30.5. The highest BCUT2D eigenvalue weighted by Crippen LogP contribution is 2.47. The Labute approximate surface area is 533 Å². The molecule has 0 aromatic heterocycles. The minimum absolute atomic E-state index is 0.0225. The summed E-state index contributed by atoms with van der Waals surface area (Å²) in [6, 6.07) is -2.41. The number of fused-ring (bicyclic) bond motifs is 10. The van der Waals surface area contributed by atoms with Gasteiger partial charge in [0.2, 0.25) is 5.91 Å². The molecule has 22 unspecified atom stereocenters. The molecule has 18 nitrogen and oxygen atoms in total. The Morgan fingerprint density at radius 2 is 1.06 bits per heavy atom. The van der Waals surface area contributed by atoms with Crippen molar-refractivity contribution >= 4 is 23.9 Å². The third-order valence-corrected chi connectivity index (χ3v) is 24.4. The minimum atomic E-state index is -1.29. The number of halogens is 5. The van der Waals surface area contributed by atoms with E-state index in [0.717, 1.165) is 90.4 Å². The molecule has 4 bridgehead atoms. The van der Waals surface area contributed by atoms with Crippen molar-refractivity contribution in [3.8, 4) is 0 Å². The van der Waals surface area contributed by atoms with Crippen LogP contribution in [0.25, 0.3) is 0 Å². The van der Waals surface area contributed by atoms with E-state index in [0.29, 0.717) is 44.3 Å². The Morgan fingerprint density at radius 1 is 0.567 bits per heavy atom. The van der Waals surface area contributed by atoms with Crippen LogP contribution in [0.1, 0.15) is 145 Å². The van der Waals surface area contributed by atoms with Gasteiger partial charge in [-0.1, -0.05) is 40.9 Å². The molecule has 10 aliphatic heterocycles. The summed E-state index contributed by atoms with van der Waals surface area (Å²) in [5, 5.41) is 25.2. The van der Waals surface area contributed by atoms with Crippen molar-refractivity contribution < 1.29 is 41.1 Å². The second-order valence-corrected chi connectivity index (χ2v) is 30.5. The normalized spacial score (nSPS) is 44.8. The average molecular weight is 1270 g/mol. The van der Waals surface area contributed by atoms with Crippen molar-refractivity contribution in [2.45, 2.75) is 267 Å². The highest BCUT2D eigenvalue weighted by Gasteiger charge is 2.61. The molecule has 2 aliphatic carbocycles. The molecule has 90 heavy (non-hydrogen) atoms. The van der Waals surface area contributed by atoms with E-state index in [2.05, 4.69) is 107 Å². The number of hydrogen-bond donors (Lipinski definition) is 7. The van der Waals surface area contributed by atoms with E-state index in [9.17, 15) is 23.6 Å². The maximum absolute atomic E-state index is 16.7. The van der Waals surface area contributed by atoms with E-state index in [1.807, 2.05) is 35.5 Å². The Kier molecular flexibility index (Phi) is 21.3. The van der Waals surface area contributed by atoms with Gasteiger partial charge in [-0.3, -0.25) is 30.0 Å². The van der Waals surface area contributed by atoms with Gasteiger partial charge >= 0.3 is 12.1 Å². The molecular formula is C67H111F5N14O4. The first-order chi connectivity index (χ1) is 43.0. The number of nitrogens with one attached hydrogen (secondary N) is 7. The Hall–Kier alpha value is -3.71. The molecule has 12 fully saturated rings. The molecule has 26 atom stereocenters. The first-order valence-corrected chi connectivity index (χ1v) is 35.3. The Morgan fingerprint density at radius 3 is 1.58 bits per heavy atom. The third kappa shape index (κ3) is 13.1. The van der Waals surface area contributed by atoms with E-state index in [1.165, 1.54) is 11.0 Å². The second kappa shape index (κ2) is 28.3. The van der Waals surface area contributed by atoms with Gasteiger partial charge in [0.1, 0.15) is 24.7 Å². The number of urea groups is 2. The summed E-state index contributed by atoms with van der Waals surface area (Å²) < 4.78 is 79.0. The summed E-state index contributed by atoms with van der Waals surface area (Å²) in [7, 11) is 2.10. The fourth-order valence-corrected chi connectivity index (χ4v) is 20.1. The van der Waals surface area contributed by atoms with Crippen molar-refractivity contribution in [3.05, 3.63) is 25.1 Å². The van der Waals surface area contributed by atoms with Crippen LogP contribution in [-0.4, -0.2) is 239 Å². The average Bonchev–Trinajstić information content (AvgIpc) is 0.752. The lowest BCUT2D eigenvalue weighted by Crippen LogP contribution is -2.80. The molecule has 10 saturated heterocycles. The van der Waals surface area contributed by atoms with Gasteiger partial charge in [0.05, 0.1) is 36.7 Å². The number of carbonyl (C=O) groups is 4. The van der Waals surface area contributed by atoms with Crippen molar-refractivity contribution in [2.75, 3.05) is 59.4 Å². The van der Waals surface area contributed by atoms with Crippen molar-refractivity contribution in [2.24, 2.45) is 47.3 Å². The smallest absolute Gasteiger partial charge is 0.320 e. The Bertz CT molecular complexity index is 2550. The van der Waals surface area contributed by atoms with Gasteiger partial charge in [-0.2, -0.15) is 0 Å². The first-order valence-electron chi connectivity index (χ1n) is 35.3. The summed E-state index contributed by atoms with van der Waals surface area (Å²) in [6.45, 7) is 28.8. The monoisotopic (exact) mass is 1270 g/mol. The van der Waals surface area contributed by atoms with Crippen LogP contribution >= 0.6 is 0 Å². The van der Waals surface area contributed by atoms with Crippen LogP contribution in [0.2, 0.25) is 0 Å². The number of alkyl halides is 4. The molecule has 0 aromatic carbocycles. The standard InChI is InChI=1S/C34H57F2N7O2.C33H54F3N7O2/c1-7-27(44)41-17-21(5)42(18-20(41)4)32-23-16-25(36)30-28-24(35)11-8-12-26(28)40(6)15-9-10-22-13-14-37-29(19(2)3)31(22)43(33(23)38-30)34(45)39-32;1-17(2)27-29-21(11-13-38-27)8-7-12-37-25-10-6-9-23(35)26(25)28-24(36)14-22-30(40-33(45)43(29)31(22)39-28)41-15-19(4)42(16-18(41)3)32(44)20(5)34/h7,19-26,28-33,37-38H,1,8-18H2,2-6H3,(H,39,45);17-19,21-31,37-39H,5-16H2,1-4H3,(H,40,45)/t20-,21+,22?,23?,24?,25?,26?,28?,29?,30?,31?,32?,33?;18-,19+,21?,22?,23?,24?,25?,26?,27?,28?,29?,30?,31?/m10/s1. The molecule has 2 saturated carbocycles. The van der Waals surface area contributed by atoms with Crippen LogP contribution in [-0.2, 0) is 9.59 Å². The summed E-state index contributed by atoms with van der Waals surface area (Å²) >= 11 is 0. The molecular weight excluding hydrogens is 1160 g/mol. The fourth-order valence-electron chi connectivity index (χ4n) is 20.1. The fraction of sp³-hybridized carbons (Fsp3) is 0.881. The number of piperidine rings is 4. The van der Waals surface area contributed by atoms with Crippen LogP contribution in [0.4, 0.5) is 31.5 Å². The van der Waals surface area contributed by atoms with Crippen LogP contribution in [0.15, 0.2) is 25.1 Å². The number of amides is 6. The minimum Gasteiger partial charge on any atom is -0.334 e. The van der Waals surface area contributed by atoms with Crippen molar-refractivity contribution in [1.29, 1.82) is 0 Å². The highest BCUT2D eigenvalue weighted by molar-refractivity contribution is 5.91. The topological polar surface area (TPSA) is 175 Å². The van der Waals surface area contributed by atoms with Gasteiger partial charge in [-0.25, -0.2) is 31.5 Å². The number of rotatable bonds is 6. The molecule has 0 aromatic rings. The Balaban J connectivity index is 0.000000185. The molecule has 0 radical (unpaired) electrons. The number of hydrogen-bond acceptors (Lipinski definition) is 12. The largest absolute Gasteiger partial charge is 0.334 e. The van der Waals surface area contributed by atoms with Crippen LogP contribution in [0.5, 0.6) is 0 Å². The van der Waals surface area contributed by atoms with E-state index < -0.39 is 85.0 Å². The van der Waals surface area contributed by atoms with Crippen LogP contribution in [0, 0.1) is 47.3 Å². The summed E-state index contributed by atoms with van der Waals surface area (Å²) in [5.74, 6) is -2.14. The zero-order valence-corrected chi connectivity index (χ0v) is 55.4. The maximum atomic E-state index is 16.7. The zero-order valence-electron chi connectivity index (χ0n) is 55.4. The lowest BCUT2D eigenvalue weighted by atomic mass is 9.71. The molecule has 12 aliphatic rings. The van der Waals surface area contributed by atoms with Gasteiger partial charge in [0, 0.05) is 110 Å². The van der Waals surface area contributed by atoms with Gasteiger partial charge in [0.25, 0.3) is 5.91 Å². The zero-order chi connectivity index (χ0) is 64.3. The van der Waals surface area contributed by atoms with Gasteiger partial charge < -0.3 is 51.1 Å². The van der Waals surface area contributed by atoms with E-state index in [-0.39, 0.29) is 121 Å². The predicted octanol–water partition coefficient (Wildman–Crippen LogP) is 6.60. The summed E-state index contributed by atoms with van der Waals surface area (Å²) in [5.41, 5.74) is 0. The van der Waals surface area contributed by atoms with Crippen LogP contribution < -0.4 is 37.2 Å². The first kappa shape index (κ1) is 67.7. The molecule has 0 spiro atoms. The van der Waals surface area contributed by atoms with E-state index in [4.69, 9.17) is 0 Å². The SMILES string of the molecule is C=C(F)C(=O)N1C[C@H](C)N(C2NC(=O)N3C4NC(C(F)CC42)C2C(F)CCCC2NCCCC2CCNC(C(C)C)C23)C[C@H]1C.C=CC(=O)N1C[C@H](C)N(C2NC(=O)N3C4NC(C(F)CC42)C2C(F)CCCC2N(C)CCCC2CCNC(C(C)C)C23)C[C@H]1C. The van der Waals surface area contributed by atoms with Crippen molar-refractivity contribution in [3.63, 3.8) is 0 Å². The van der Waals surface area contributed by atoms with Gasteiger partial charge in [-0.05, 0) is 181 Å². The quantitative estimate of drug-likeness (QED) is 0.112. The van der Waals surface area contributed by atoms with Gasteiger partial charge in [0.15, 0.2) is 5.83 Å². The lowest BCUT2D eigenvalue weighted by Gasteiger charge is -2.61. The molecule has 6 amide bonds. The van der Waals surface area contributed by atoms with E-state index in [1.54, 1.807) is 0 Å². The predicted molar refractivity (Wildman–Crippen MR) is 339 cm³/mol. The highest BCUT2D eigenvalue weighted by atomic mass is 19.2. The van der Waals surface area contributed by atoms with Crippen molar-refractivity contribution in [1.82, 2.24) is 71.5 Å². The molecule has 7 N–H and O–H groups in total. The lowest BCUT2D eigenvalue weighted by molar-refractivity contribution is -0.139. The third-order valence-electron chi connectivity index (χ3n) is 24.4. The van der Waals surface area contributed by atoms with E-state index >= 15 is 17.6 Å². The number of carbonyl (C=O) groups excluding carboxylic acids is 4. The molecule has 23 heteroatoms. The molecule has 10 heterocycles. The number of piperazine rings is 2.